The highest BCUT2D eigenvalue weighted by molar-refractivity contribution is 5.94. The first kappa shape index (κ1) is 22.1. The second-order valence-corrected chi connectivity index (χ2v) is 7.28. The molecular formula is C23H24F2N4O2. The first-order valence-electron chi connectivity index (χ1n) is 9.88. The molecule has 0 spiro atoms. The van der Waals surface area contributed by atoms with Crippen molar-refractivity contribution in [2.75, 3.05) is 13.1 Å². The number of amides is 2. The van der Waals surface area contributed by atoms with E-state index < -0.39 is 11.7 Å². The highest BCUT2D eigenvalue weighted by atomic mass is 19.1. The van der Waals surface area contributed by atoms with E-state index in [9.17, 15) is 18.4 Å². The van der Waals surface area contributed by atoms with Gasteiger partial charge in [-0.05, 0) is 62.7 Å². The Labute approximate surface area is 179 Å². The number of carbonyl (C=O) groups is 2. The lowest BCUT2D eigenvalue weighted by atomic mass is 10.1. The number of halogens is 2. The summed E-state index contributed by atoms with van der Waals surface area (Å²) >= 11 is 0. The van der Waals surface area contributed by atoms with Gasteiger partial charge in [0.2, 0.25) is 5.91 Å². The zero-order valence-corrected chi connectivity index (χ0v) is 17.6. The SMILES string of the molecule is Cc1ccc(C(=O)NCCNC(=O)Cc2c(C)nn(-c3ccc(F)cc3)c2C)cc1F. The number of hydrogen-bond donors (Lipinski definition) is 2. The minimum absolute atomic E-state index is 0.135. The fraction of sp³-hybridized carbons (Fsp3) is 0.261. The third-order valence-electron chi connectivity index (χ3n) is 5.02. The normalized spacial score (nSPS) is 10.7. The van der Waals surface area contributed by atoms with Crippen LogP contribution in [0, 0.1) is 32.4 Å². The number of hydrogen-bond acceptors (Lipinski definition) is 3. The molecule has 0 radical (unpaired) electrons. The standard InChI is InChI=1S/C23H24F2N4O2/c1-14-4-5-17(12-21(14)25)23(31)27-11-10-26-22(30)13-20-15(2)28-29(16(20)3)19-8-6-18(24)7-9-19/h4-9,12H,10-11,13H2,1-3H3,(H,26,30)(H,27,31). The molecule has 0 atom stereocenters. The Bertz CT molecular complexity index is 1110. The van der Waals surface area contributed by atoms with Crippen molar-refractivity contribution in [2.45, 2.75) is 27.2 Å². The number of carbonyl (C=O) groups excluding carboxylic acids is 2. The topological polar surface area (TPSA) is 76.0 Å². The Hall–Kier alpha value is -3.55. The molecule has 31 heavy (non-hydrogen) atoms. The molecule has 0 aliphatic carbocycles. The van der Waals surface area contributed by atoms with E-state index in [-0.39, 0.29) is 36.8 Å². The Morgan fingerprint density at radius 2 is 1.65 bits per heavy atom. The summed E-state index contributed by atoms with van der Waals surface area (Å²) in [4.78, 5) is 24.4. The molecule has 0 saturated heterocycles. The van der Waals surface area contributed by atoms with Crippen LogP contribution in [0.15, 0.2) is 42.5 Å². The molecular weight excluding hydrogens is 402 g/mol. The summed E-state index contributed by atoms with van der Waals surface area (Å²) in [6.07, 6.45) is 0.135. The predicted octanol–water partition coefficient (Wildman–Crippen LogP) is 3.16. The first-order valence-corrected chi connectivity index (χ1v) is 9.88. The molecule has 0 saturated carbocycles. The summed E-state index contributed by atoms with van der Waals surface area (Å²) in [7, 11) is 0. The lowest BCUT2D eigenvalue weighted by Crippen LogP contribution is -2.35. The molecule has 1 heterocycles. The van der Waals surface area contributed by atoms with E-state index in [1.165, 1.54) is 18.2 Å². The summed E-state index contributed by atoms with van der Waals surface area (Å²) in [6, 6.07) is 10.3. The summed E-state index contributed by atoms with van der Waals surface area (Å²) < 4.78 is 28.4. The van der Waals surface area contributed by atoms with Gasteiger partial charge in [-0.15, -0.1) is 0 Å². The molecule has 1 aromatic heterocycles. The van der Waals surface area contributed by atoms with Gasteiger partial charge in [0.25, 0.3) is 5.91 Å². The smallest absolute Gasteiger partial charge is 0.251 e. The van der Waals surface area contributed by atoms with Gasteiger partial charge in [-0.2, -0.15) is 5.10 Å². The van der Waals surface area contributed by atoms with Crippen molar-refractivity contribution < 1.29 is 18.4 Å². The van der Waals surface area contributed by atoms with Gasteiger partial charge < -0.3 is 10.6 Å². The maximum atomic E-state index is 13.6. The summed E-state index contributed by atoms with van der Waals surface area (Å²) in [6.45, 7) is 5.75. The fourth-order valence-electron chi connectivity index (χ4n) is 3.20. The zero-order valence-electron chi connectivity index (χ0n) is 17.6. The quantitative estimate of drug-likeness (QED) is 0.570. The molecule has 0 fully saturated rings. The van der Waals surface area contributed by atoms with Crippen LogP contribution in [0.4, 0.5) is 8.78 Å². The second kappa shape index (κ2) is 9.51. The van der Waals surface area contributed by atoms with Crippen LogP contribution in [0.2, 0.25) is 0 Å². The van der Waals surface area contributed by atoms with Crippen molar-refractivity contribution >= 4 is 11.8 Å². The van der Waals surface area contributed by atoms with Crippen LogP contribution < -0.4 is 10.6 Å². The van der Waals surface area contributed by atoms with E-state index >= 15 is 0 Å². The Balaban J connectivity index is 1.52. The van der Waals surface area contributed by atoms with E-state index in [0.29, 0.717) is 16.9 Å². The van der Waals surface area contributed by atoms with Crippen LogP contribution in [-0.4, -0.2) is 34.7 Å². The zero-order chi connectivity index (χ0) is 22.5. The van der Waals surface area contributed by atoms with E-state index in [1.807, 2.05) is 13.8 Å². The van der Waals surface area contributed by atoms with Gasteiger partial charge in [-0.25, -0.2) is 13.5 Å². The van der Waals surface area contributed by atoms with Gasteiger partial charge >= 0.3 is 0 Å². The summed E-state index contributed by atoms with van der Waals surface area (Å²) in [5, 5.41) is 9.86. The van der Waals surface area contributed by atoms with Crippen molar-refractivity contribution in [3.05, 3.63) is 82.2 Å². The number of nitrogens with one attached hydrogen (secondary N) is 2. The van der Waals surface area contributed by atoms with Crippen LogP contribution in [0.5, 0.6) is 0 Å². The Morgan fingerprint density at radius 1 is 0.968 bits per heavy atom. The average Bonchev–Trinajstić information content (AvgIpc) is 3.02. The highest BCUT2D eigenvalue weighted by Gasteiger charge is 2.16. The third kappa shape index (κ3) is 5.33. The first-order chi connectivity index (χ1) is 14.8. The maximum absolute atomic E-state index is 13.6. The Morgan fingerprint density at radius 3 is 2.32 bits per heavy atom. The lowest BCUT2D eigenvalue weighted by Gasteiger charge is -2.08. The molecule has 0 aliphatic heterocycles. The maximum Gasteiger partial charge on any atom is 0.251 e. The van der Waals surface area contributed by atoms with Crippen LogP contribution in [0.3, 0.4) is 0 Å². The molecule has 2 amide bonds. The summed E-state index contributed by atoms with van der Waals surface area (Å²) in [5.41, 5.74) is 3.72. The van der Waals surface area contributed by atoms with Crippen LogP contribution in [-0.2, 0) is 11.2 Å². The monoisotopic (exact) mass is 426 g/mol. The minimum atomic E-state index is -0.437. The van der Waals surface area contributed by atoms with Crippen LogP contribution in [0.1, 0.15) is 32.9 Å². The van der Waals surface area contributed by atoms with Crippen molar-refractivity contribution in [1.82, 2.24) is 20.4 Å². The molecule has 3 aromatic rings. The molecule has 6 nitrogen and oxygen atoms in total. The molecule has 0 unspecified atom stereocenters. The molecule has 0 bridgehead atoms. The van der Waals surface area contributed by atoms with Crippen LogP contribution in [0.25, 0.3) is 5.69 Å². The van der Waals surface area contributed by atoms with Gasteiger partial charge in [0.15, 0.2) is 0 Å². The number of aromatic nitrogens is 2. The van der Waals surface area contributed by atoms with Crippen molar-refractivity contribution in [3.8, 4) is 5.69 Å². The number of aryl methyl sites for hydroxylation is 2. The van der Waals surface area contributed by atoms with Crippen molar-refractivity contribution in [3.63, 3.8) is 0 Å². The van der Waals surface area contributed by atoms with Crippen molar-refractivity contribution in [1.29, 1.82) is 0 Å². The van der Waals surface area contributed by atoms with Gasteiger partial charge in [-0.1, -0.05) is 6.07 Å². The van der Waals surface area contributed by atoms with E-state index in [2.05, 4.69) is 15.7 Å². The van der Waals surface area contributed by atoms with Gasteiger partial charge in [0.1, 0.15) is 11.6 Å². The van der Waals surface area contributed by atoms with E-state index in [0.717, 1.165) is 11.3 Å². The lowest BCUT2D eigenvalue weighted by molar-refractivity contribution is -0.120. The number of benzene rings is 2. The molecule has 162 valence electrons. The fourth-order valence-corrected chi connectivity index (χ4v) is 3.20. The largest absolute Gasteiger partial charge is 0.354 e. The van der Waals surface area contributed by atoms with Crippen molar-refractivity contribution in [2.24, 2.45) is 0 Å². The summed E-state index contributed by atoms with van der Waals surface area (Å²) in [5.74, 6) is -1.38. The van der Waals surface area contributed by atoms with Gasteiger partial charge in [0, 0.05) is 29.9 Å². The third-order valence-corrected chi connectivity index (χ3v) is 5.02. The van der Waals surface area contributed by atoms with E-state index in [4.69, 9.17) is 0 Å². The highest BCUT2D eigenvalue weighted by Crippen LogP contribution is 2.18. The molecule has 8 heteroatoms. The molecule has 3 rings (SSSR count). The number of nitrogens with zero attached hydrogens (tertiary/aromatic N) is 2. The second-order valence-electron chi connectivity index (χ2n) is 7.28. The van der Waals surface area contributed by atoms with Crippen LogP contribution >= 0.6 is 0 Å². The minimum Gasteiger partial charge on any atom is -0.354 e. The Kier molecular flexibility index (Phi) is 6.79. The molecule has 0 aliphatic rings. The predicted molar refractivity (Wildman–Crippen MR) is 113 cm³/mol. The number of rotatable bonds is 7. The van der Waals surface area contributed by atoms with E-state index in [1.54, 1.807) is 35.9 Å². The van der Waals surface area contributed by atoms with Gasteiger partial charge in [-0.3, -0.25) is 9.59 Å². The average molecular weight is 426 g/mol. The molecule has 2 N–H and O–H groups in total. The molecule has 2 aromatic carbocycles. The van der Waals surface area contributed by atoms with Gasteiger partial charge in [0.05, 0.1) is 17.8 Å².